The Labute approximate surface area is 97.0 Å². The summed E-state index contributed by atoms with van der Waals surface area (Å²) in [5, 5.41) is 3.19. The van der Waals surface area contributed by atoms with E-state index in [1.165, 1.54) is 0 Å². The van der Waals surface area contributed by atoms with Gasteiger partial charge in [-0.3, -0.25) is 9.69 Å². The van der Waals surface area contributed by atoms with Crippen LogP contribution in [0.1, 0.15) is 6.42 Å². The minimum Gasteiger partial charge on any atom is -0.340 e. The lowest BCUT2D eigenvalue weighted by molar-refractivity contribution is -0.134. The molecular formula is C12H19N3O. The summed E-state index contributed by atoms with van der Waals surface area (Å²) >= 11 is 0. The lowest BCUT2D eigenvalue weighted by Gasteiger charge is -2.35. The van der Waals surface area contributed by atoms with Gasteiger partial charge in [0.2, 0.25) is 5.91 Å². The SMILES string of the molecule is C#CCN1CCN(C(=O)CC2CNC2)CC1. The predicted molar refractivity (Wildman–Crippen MR) is 62.8 cm³/mol. The number of nitrogens with one attached hydrogen (secondary N) is 1. The van der Waals surface area contributed by atoms with Crippen LogP contribution in [0.5, 0.6) is 0 Å². The molecular weight excluding hydrogens is 202 g/mol. The molecule has 4 nitrogen and oxygen atoms in total. The summed E-state index contributed by atoms with van der Waals surface area (Å²) in [4.78, 5) is 16.1. The molecule has 0 spiro atoms. The highest BCUT2D eigenvalue weighted by Crippen LogP contribution is 2.12. The summed E-state index contributed by atoms with van der Waals surface area (Å²) in [5.74, 6) is 3.52. The Morgan fingerprint density at radius 2 is 2.00 bits per heavy atom. The maximum atomic E-state index is 11.9. The van der Waals surface area contributed by atoms with Crippen molar-refractivity contribution in [3.63, 3.8) is 0 Å². The summed E-state index contributed by atoms with van der Waals surface area (Å²) in [5.41, 5.74) is 0. The van der Waals surface area contributed by atoms with Gasteiger partial charge in [-0.05, 0) is 19.0 Å². The van der Waals surface area contributed by atoms with Gasteiger partial charge in [-0.25, -0.2) is 0 Å². The summed E-state index contributed by atoms with van der Waals surface area (Å²) in [6.07, 6.45) is 5.98. The van der Waals surface area contributed by atoms with Crippen LogP contribution in [0.15, 0.2) is 0 Å². The number of piperazine rings is 1. The maximum absolute atomic E-state index is 11.9. The second-order valence-corrected chi connectivity index (χ2v) is 4.59. The molecule has 16 heavy (non-hydrogen) atoms. The summed E-state index contributed by atoms with van der Waals surface area (Å²) in [7, 11) is 0. The van der Waals surface area contributed by atoms with E-state index in [0.29, 0.717) is 24.8 Å². The zero-order valence-corrected chi connectivity index (χ0v) is 9.61. The van der Waals surface area contributed by atoms with Gasteiger partial charge < -0.3 is 10.2 Å². The number of terminal acetylenes is 1. The molecule has 0 saturated carbocycles. The van der Waals surface area contributed by atoms with Crippen molar-refractivity contribution in [2.75, 3.05) is 45.8 Å². The van der Waals surface area contributed by atoms with E-state index in [-0.39, 0.29) is 0 Å². The van der Waals surface area contributed by atoms with Gasteiger partial charge in [0.1, 0.15) is 0 Å². The molecule has 0 atom stereocenters. The molecule has 0 aromatic carbocycles. The van der Waals surface area contributed by atoms with E-state index in [2.05, 4.69) is 16.1 Å². The van der Waals surface area contributed by atoms with Crippen LogP contribution in [0.4, 0.5) is 0 Å². The van der Waals surface area contributed by atoms with Crippen LogP contribution in [-0.4, -0.2) is 61.5 Å². The van der Waals surface area contributed by atoms with Gasteiger partial charge in [0, 0.05) is 32.6 Å². The quantitative estimate of drug-likeness (QED) is 0.645. The smallest absolute Gasteiger partial charge is 0.223 e. The Balaban J connectivity index is 1.71. The van der Waals surface area contributed by atoms with E-state index in [0.717, 1.165) is 39.3 Å². The van der Waals surface area contributed by atoms with Gasteiger partial charge in [0.15, 0.2) is 0 Å². The fourth-order valence-corrected chi connectivity index (χ4v) is 2.15. The molecule has 2 rings (SSSR count). The number of hydrogen-bond donors (Lipinski definition) is 1. The topological polar surface area (TPSA) is 35.6 Å². The summed E-state index contributed by atoms with van der Waals surface area (Å²) in [6.45, 7) is 6.21. The van der Waals surface area contributed by atoms with Crippen LogP contribution in [0, 0.1) is 18.3 Å². The monoisotopic (exact) mass is 221 g/mol. The van der Waals surface area contributed by atoms with E-state index in [1.54, 1.807) is 0 Å². The largest absolute Gasteiger partial charge is 0.340 e. The third kappa shape index (κ3) is 2.75. The minimum absolute atomic E-state index is 0.312. The van der Waals surface area contributed by atoms with Crippen molar-refractivity contribution in [3.05, 3.63) is 0 Å². The van der Waals surface area contributed by atoms with E-state index >= 15 is 0 Å². The van der Waals surface area contributed by atoms with Gasteiger partial charge in [-0.15, -0.1) is 6.42 Å². The van der Waals surface area contributed by atoms with Crippen LogP contribution in [0.3, 0.4) is 0 Å². The molecule has 2 heterocycles. The lowest BCUT2D eigenvalue weighted by Crippen LogP contribution is -2.51. The van der Waals surface area contributed by atoms with Gasteiger partial charge >= 0.3 is 0 Å². The van der Waals surface area contributed by atoms with Crippen LogP contribution in [-0.2, 0) is 4.79 Å². The molecule has 2 saturated heterocycles. The van der Waals surface area contributed by atoms with Gasteiger partial charge in [-0.2, -0.15) is 0 Å². The maximum Gasteiger partial charge on any atom is 0.223 e. The molecule has 2 aliphatic rings. The molecule has 0 aromatic heterocycles. The second kappa shape index (κ2) is 5.33. The molecule has 1 N–H and O–H groups in total. The predicted octanol–water partition coefficient (Wildman–Crippen LogP) is -0.627. The Hall–Kier alpha value is -1.05. The lowest BCUT2D eigenvalue weighted by atomic mass is 9.98. The van der Waals surface area contributed by atoms with Crippen LogP contribution in [0.25, 0.3) is 0 Å². The zero-order valence-electron chi connectivity index (χ0n) is 9.61. The van der Waals surface area contributed by atoms with Gasteiger partial charge in [0.25, 0.3) is 0 Å². The number of carbonyl (C=O) groups excluding carboxylic acids is 1. The molecule has 1 amide bonds. The Bertz CT molecular complexity index is 285. The average Bonchev–Trinajstić information content (AvgIpc) is 2.25. The molecule has 4 heteroatoms. The third-order valence-electron chi connectivity index (χ3n) is 3.37. The Morgan fingerprint density at radius 3 is 2.50 bits per heavy atom. The van der Waals surface area contributed by atoms with Crippen molar-refractivity contribution < 1.29 is 4.79 Å². The first-order chi connectivity index (χ1) is 7.79. The van der Waals surface area contributed by atoms with E-state index in [9.17, 15) is 4.79 Å². The number of amides is 1. The Kier molecular flexibility index (Phi) is 3.81. The first-order valence-corrected chi connectivity index (χ1v) is 5.94. The number of nitrogens with zero attached hydrogens (tertiary/aromatic N) is 2. The standard InChI is InChI=1S/C12H19N3O/c1-2-3-14-4-6-15(7-5-14)12(16)8-11-9-13-10-11/h1,11,13H,3-10H2. The van der Waals surface area contributed by atoms with Crippen LogP contribution in [0.2, 0.25) is 0 Å². The molecule has 2 aliphatic heterocycles. The molecule has 2 fully saturated rings. The van der Waals surface area contributed by atoms with E-state index in [1.807, 2.05) is 4.90 Å². The fraction of sp³-hybridized carbons (Fsp3) is 0.750. The Morgan fingerprint density at radius 1 is 1.31 bits per heavy atom. The summed E-state index contributed by atoms with van der Waals surface area (Å²) in [6, 6.07) is 0. The summed E-state index contributed by atoms with van der Waals surface area (Å²) < 4.78 is 0. The average molecular weight is 221 g/mol. The first kappa shape index (κ1) is 11.4. The fourth-order valence-electron chi connectivity index (χ4n) is 2.15. The number of hydrogen-bond acceptors (Lipinski definition) is 3. The van der Waals surface area contributed by atoms with Crippen molar-refractivity contribution in [1.82, 2.24) is 15.1 Å². The molecule has 88 valence electrons. The van der Waals surface area contributed by atoms with Crippen molar-refractivity contribution in [2.45, 2.75) is 6.42 Å². The highest BCUT2D eigenvalue weighted by atomic mass is 16.2. The first-order valence-electron chi connectivity index (χ1n) is 5.94. The van der Waals surface area contributed by atoms with E-state index in [4.69, 9.17) is 6.42 Å². The second-order valence-electron chi connectivity index (χ2n) is 4.59. The third-order valence-corrected chi connectivity index (χ3v) is 3.37. The van der Waals surface area contributed by atoms with Crippen molar-refractivity contribution in [3.8, 4) is 12.3 Å². The molecule has 0 unspecified atom stereocenters. The number of carbonyl (C=O) groups is 1. The van der Waals surface area contributed by atoms with Crippen molar-refractivity contribution in [1.29, 1.82) is 0 Å². The van der Waals surface area contributed by atoms with Gasteiger partial charge in [-0.1, -0.05) is 5.92 Å². The molecule has 0 radical (unpaired) electrons. The van der Waals surface area contributed by atoms with Crippen molar-refractivity contribution >= 4 is 5.91 Å². The van der Waals surface area contributed by atoms with Gasteiger partial charge in [0.05, 0.1) is 6.54 Å². The van der Waals surface area contributed by atoms with Crippen LogP contribution < -0.4 is 5.32 Å². The zero-order chi connectivity index (χ0) is 11.4. The normalized spacial score (nSPS) is 22.6. The number of rotatable bonds is 3. The van der Waals surface area contributed by atoms with Crippen LogP contribution >= 0.6 is 0 Å². The van der Waals surface area contributed by atoms with E-state index < -0.39 is 0 Å². The molecule has 0 bridgehead atoms. The minimum atomic E-state index is 0.312. The molecule has 0 aliphatic carbocycles. The highest BCUT2D eigenvalue weighted by molar-refractivity contribution is 5.76. The molecule has 0 aromatic rings. The van der Waals surface area contributed by atoms with Crippen molar-refractivity contribution in [2.24, 2.45) is 5.92 Å². The highest BCUT2D eigenvalue weighted by Gasteiger charge is 2.25.